The van der Waals surface area contributed by atoms with Gasteiger partial charge in [0.2, 0.25) is 0 Å². The first-order valence-electron chi connectivity index (χ1n) is 14.3. The number of benzene rings is 3. The van der Waals surface area contributed by atoms with Crippen LogP contribution < -0.4 is 0 Å². The van der Waals surface area contributed by atoms with Crippen LogP contribution in [-0.4, -0.2) is 75.2 Å². The average Bonchev–Trinajstić information content (AvgIpc) is 3.01. The van der Waals surface area contributed by atoms with Gasteiger partial charge in [-0.25, -0.2) is 9.59 Å². The molecule has 3 aromatic carbocycles. The quantitative estimate of drug-likeness (QED) is 0.284. The number of rotatable bonds is 8. The summed E-state index contributed by atoms with van der Waals surface area (Å²) in [7, 11) is 4.26. The Bertz CT molecular complexity index is 1170. The zero-order valence-electron chi connectivity index (χ0n) is 24.5. The van der Waals surface area contributed by atoms with Gasteiger partial charge >= 0.3 is 11.9 Å². The van der Waals surface area contributed by atoms with Crippen LogP contribution in [0.15, 0.2) is 84.9 Å². The van der Waals surface area contributed by atoms with E-state index in [1.807, 2.05) is 36.4 Å². The van der Waals surface area contributed by atoms with E-state index in [2.05, 4.69) is 48.2 Å². The zero-order valence-corrected chi connectivity index (χ0v) is 26.1. The summed E-state index contributed by atoms with van der Waals surface area (Å²) >= 11 is 0. The Balaban J connectivity index is 0.00000242. The highest BCUT2D eigenvalue weighted by Gasteiger charge is 2.38. The van der Waals surface area contributed by atoms with Gasteiger partial charge in [0.15, 0.2) is 0 Å². The monoisotopic (exact) mass is 612 g/mol. The minimum Gasteiger partial charge on any atom is -0.461 e. The molecule has 0 atom stereocenters. The van der Waals surface area contributed by atoms with Crippen molar-refractivity contribution in [2.75, 3.05) is 53.5 Å². The number of ether oxygens (including phenoxy) is 2. The molecule has 0 saturated carbocycles. The van der Waals surface area contributed by atoms with Gasteiger partial charge in [-0.3, -0.25) is 0 Å². The normalized spacial score (nSPS) is 18.1. The van der Waals surface area contributed by atoms with Gasteiger partial charge in [0.05, 0.1) is 11.1 Å². The molecule has 6 nitrogen and oxygen atoms in total. The number of esters is 2. The van der Waals surface area contributed by atoms with Crippen molar-refractivity contribution in [1.29, 1.82) is 0 Å². The Labute approximate surface area is 262 Å². The van der Waals surface area contributed by atoms with E-state index in [1.54, 1.807) is 24.3 Å². The molecule has 0 aromatic heterocycles. The molecule has 0 unspecified atom stereocenters. The molecular formula is C34H42Cl2N2O4. The van der Waals surface area contributed by atoms with Gasteiger partial charge < -0.3 is 19.3 Å². The summed E-state index contributed by atoms with van der Waals surface area (Å²) in [5, 5.41) is 0. The van der Waals surface area contributed by atoms with Gasteiger partial charge in [-0.2, -0.15) is 0 Å². The fraction of sp³-hybridized carbons (Fsp3) is 0.412. The standard InChI is InChI=1S/C34H40N2O4.2ClH/c1-35-21-17-33(18-22-35,29-9-5-3-6-10-29)25-39-31(37)27-13-15-28(16-14-27)32(38)40-26-34(19-23-36(2)24-20-34)30-11-7-4-8-12-30;;/h3-16H,17-26H2,1-2H3;2*1H. The van der Waals surface area contributed by atoms with Crippen LogP contribution in [0.5, 0.6) is 0 Å². The Morgan fingerprint density at radius 1 is 0.571 bits per heavy atom. The summed E-state index contributed by atoms with van der Waals surface area (Å²) in [5.74, 6) is -0.744. The number of carbonyl (C=O) groups is 2. The van der Waals surface area contributed by atoms with Crippen molar-refractivity contribution in [2.45, 2.75) is 36.5 Å². The molecule has 2 saturated heterocycles. The van der Waals surface area contributed by atoms with E-state index in [0.29, 0.717) is 24.3 Å². The molecule has 2 fully saturated rings. The van der Waals surface area contributed by atoms with Crippen molar-refractivity contribution in [3.05, 3.63) is 107 Å². The van der Waals surface area contributed by atoms with Gasteiger partial charge in [0, 0.05) is 10.8 Å². The third-order valence-corrected chi connectivity index (χ3v) is 8.98. The highest BCUT2D eigenvalue weighted by molar-refractivity contribution is 5.93. The highest BCUT2D eigenvalue weighted by Crippen LogP contribution is 2.37. The lowest BCUT2D eigenvalue weighted by molar-refractivity contribution is 0.0299. The van der Waals surface area contributed by atoms with Gasteiger partial charge in [0.25, 0.3) is 0 Å². The molecule has 0 amide bonds. The molecule has 0 radical (unpaired) electrons. The minimum atomic E-state index is -0.372. The number of piperidine rings is 2. The Morgan fingerprint density at radius 3 is 1.19 bits per heavy atom. The Hall–Kier alpha value is -2.90. The fourth-order valence-electron chi connectivity index (χ4n) is 6.03. The van der Waals surface area contributed by atoms with E-state index in [9.17, 15) is 9.59 Å². The third kappa shape index (κ3) is 7.73. The lowest BCUT2D eigenvalue weighted by Gasteiger charge is -2.40. The second-order valence-electron chi connectivity index (χ2n) is 11.6. The fourth-order valence-corrected chi connectivity index (χ4v) is 6.03. The topological polar surface area (TPSA) is 59.1 Å². The maximum absolute atomic E-state index is 13.0. The van der Waals surface area contributed by atoms with Gasteiger partial charge in [-0.15, -0.1) is 24.8 Å². The lowest BCUT2D eigenvalue weighted by Crippen LogP contribution is -2.44. The summed E-state index contributed by atoms with van der Waals surface area (Å²) in [6.07, 6.45) is 3.75. The molecule has 42 heavy (non-hydrogen) atoms. The summed E-state index contributed by atoms with van der Waals surface area (Å²) in [6, 6.07) is 27.4. The lowest BCUT2D eigenvalue weighted by atomic mass is 9.73. The predicted molar refractivity (Wildman–Crippen MR) is 171 cm³/mol. The summed E-state index contributed by atoms with van der Waals surface area (Å²) in [6.45, 7) is 4.53. The van der Waals surface area contributed by atoms with E-state index < -0.39 is 0 Å². The van der Waals surface area contributed by atoms with E-state index in [1.165, 1.54) is 11.1 Å². The van der Waals surface area contributed by atoms with Crippen LogP contribution in [-0.2, 0) is 20.3 Å². The third-order valence-electron chi connectivity index (χ3n) is 8.98. The molecule has 0 spiro atoms. The summed E-state index contributed by atoms with van der Waals surface area (Å²) in [5.41, 5.74) is 2.93. The van der Waals surface area contributed by atoms with Crippen molar-refractivity contribution in [2.24, 2.45) is 0 Å². The molecule has 3 aromatic rings. The average molecular weight is 614 g/mol. The number of likely N-dealkylation sites (tertiary alicyclic amines) is 2. The largest absolute Gasteiger partial charge is 0.461 e. The molecule has 2 aliphatic heterocycles. The first-order chi connectivity index (χ1) is 19.4. The second-order valence-corrected chi connectivity index (χ2v) is 11.6. The number of hydrogen-bond donors (Lipinski definition) is 0. The first-order valence-corrected chi connectivity index (χ1v) is 14.3. The maximum atomic E-state index is 13.0. The zero-order chi connectivity index (χ0) is 28.0. The molecule has 2 aliphatic rings. The molecule has 0 aliphatic carbocycles. The number of carbonyl (C=O) groups excluding carboxylic acids is 2. The molecule has 0 N–H and O–H groups in total. The Morgan fingerprint density at radius 2 is 0.881 bits per heavy atom. The summed E-state index contributed by atoms with van der Waals surface area (Å²) in [4.78, 5) is 30.7. The van der Waals surface area contributed by atoms with Crippen molar-refractivity contribution in [1.82, 2.24) is 9.80 Å². The van der Waals surface area contributed by atoms with E-state index >= 15 is 0 Å². The van der Waals surface area contributed by atoms with Crippen molar-refractivity contribution in [3.63, 3.8) is 0 Å². The van der Waals surface area contributed by atoms with Crippen LogP contribution in [0.1, 0.15) is 57.5 Å². The van der Waals surface area contributed by atoms with Gasteiger partial charge in [0.1, 0.15) is 13.2 Å². The minimum absolute atomic E-state index is 0. The summed E-state index contributed by atoms with van der Waals surface area (Å²) < 4.78 is 11.8. The van der Waals surface area contributed by atoms with Crippen LogP contribution in [0.4, 0.5) is 0 Å². The molecule has 0 bridgehead atoms. The molecule has 226 valence electrons. The number of hydrogen-bond acceptors (Lipinski definition) is 6. The van der Waals surface area contributed by atoms with Crippen LogP contribution in [0.25, 0.3) is 0 Å². The van der Waals surface area contributed by atoms with Gasteiger partial charge in [-0.05, 0) is 101 Å². The molecular weight excluding hydrogens is 571 g/mol. The Kier molecular flexibility index (Phi) is 12.0. The van der Waals surface area contributed by atoms with E-state index in [-0.39, 0.29) is 47.6 Å². The van der Waals surface area contributed by atoms with E-state index in [4.69, 9.17) is 9.47 Å². The van der Waals surface area contributed by atoms with Gasteiger partial charge in [-0.1, -0.05) is 60.7 Å². The van der Waals surface area contributed by atoms with Crippen LogP contribution in [0, 0.1) is 0 Å². The number of nitrogens with zero attached hydrogens (tertiary/aromatic N) is 2. The SMILES string of the molecule is CN1CCC(COC(=O)c2ccc(C(=O)OCC3(c4ccccc4)CCN(C)CC3)cc2)(c2ccccc2)CC1.Cl.Cl. The van der Waals surface area contributed by atoms with E-state index in [0.717, 1.165) is 51.9 Å². The number of halogens is 2. The molecule has 8 heteroatoms. The predicted octanol–water partition coefficient (Wildman–Crippen LogP) is 6.17. The molecule has 2 heterocycles. The van der Waals surface area contributed by atoms with Crippen molar-refractivity contribution in [3.8, 4) is 0 Å². The van der Waals surface area contributed by atoms with Crippen LogP contribution >= 0.6 is 24.8 Å². The van der Waals surface area contributed by atoms with Crippen LogP contribution in [0.3, 0.4) is 0 Å². The van der Waals surface area contributed by atoms with Crippen molar-refractivity contribution >= 4 is 36.8 Å². The first kappa shape index (κ1) is 33.6. The highest BCUT2D eigenvalue weighted by atomic mass is 35.5. The van der Waals surface area contributed by atoms with Crippen LogP contribution in [0.2, 0.25) is 0 Å². The maximum Gasteiger partial charge on any atom is 0.338 e. The second kappa shape index (κ2) is 15.0. The molecule has 5 rings (SSSR count). The smallest absolute Gasteiger partial charge is 0.338 e. The van der Waals surface area contributed by atoms with Crippen molar-refractivity contribution < 1.29 is 19.1 Å².